The molecule has 0 unspecified atom stereocenters. The van der Waals surface area contributed by atoms with Gasteiger partial charge in [-0.05, 0) is 37.1 Å². The summed E-state index contributed by atoms with van der Waals surface area (Å²) < 4.78 is 30.9. The van der Waals surface area contributed by atoms with Crippen molar-refractivity contribution in [3.8, 4) is 0 Å². The summed E-state index contributed by atoms with van der Waals surface area (Å²) in [5.74, 6) is -2.50. The third-order valence-electron chi connectivity index (χ3n) is 3.70. The fraction of sp³-hybridized carbons (Fsp3) is 0.300. The topological polar surface area (TPSA) is 55.4 Å². The lowest BCUT2D eigenvalue weighted by atomic mass is 10.1. The van der Waals surface area contributed by atoms with E-state index < -0.39 is 17.6 Å². The van der Waals surface area contributed by atoms with Gasteiger partial charge in [0, 0.05) is 11.3 Å². The number of aryl methyl sites for hydroxylation is 2. The lowest BCUT2D eigenvalue weighted by Gasteiger charge is -2.07. The van der Waals surface area contributed by atoms with Crippen LogP contribution in [0.5, 0.6) is 0 Å². The van der Waals surface area contributed by atoms with E-state index in [1.54, 1.807) is 0 Å². The molecule has 0 aliphatic rings. The number of carbonyl (C=O) groups is 2. The van der Waals surface area contributed by atoms with E-state index in [4.69, 9.17) is 4.74 Å². The van der Waals surface area contributed by atoms with Gasteiger partial charge in [-0.15, -0.1) is 11.8 Å². The molecule has 0 saturated carbocycles. The Hall–Kier alpha value is -2.41. The van der Waals surface area contributed by atoms with E-state index in [1.165, 1.54) is 11.6 Å². The van der Waals surface area contributed by atoms with Crippen molar-refractivity contribution in [1.82, 2.24) is 5.32 Å². The quantitative estimate of drug-likeness (QED) is 0.401. The predicted molar refractivity (Wildman–Crippen MR) is 101 cm³/mol. The number of benzene rings is 2. The van der Waals surface area contributed by atoms with Crippen molar-refractivity contribution in [2.75, 3.05) is 18.9 Å². The fourth-order valence-electron chi connectivity index (χ4n) is 2.21. The maximum Gasteiger partial charge on any atom is 0.316 e. The Morgan fingerprint density at radius 2 is 1.81 bits per heavy atom. The normalized spacial score (nSPS) is 10.5. The van der Waals surface area contributed by atoms with Gasteiger partial charge in [0.15, 0.2) is 11.6 Å². The van der Waals surface area contributed by atoms with Gasteiger partial charge in [-0.25, -0.2) is 8.78 Å². The second-order valence-electron chi connectivity index (χ2n) is 5.92. The van der Waals surface area contributed by atoms with Crippen molar-refractivity contribution in [2.45, 2.75) is 24.7 Å². The molecule has 7 heteroatoms. The van der Waals surface area contributed by atoms with Gasteiger partial charge in [0.05, 0.1) is 12.3 Å². The monoisotopic (exact) mass is 393 g/mol. The minimum absolute atomic E-state index is 0.0214. The van der Waals surface area contributed by atoms with Crippen LogP contribution in [0.2, 0.25) is 0 Å². The maximum absolute atomic E-state index is 13.1. The number of hydrogen-bond donors (Lipinski definition) is 1. The Labute approximate surface area is 161 Å². The summed E-state index contributed by atoms with van der Waals surface area (Å²) in [7, 11) is 0. The maximum atomic E-state index is 13.1. The van der Waals surface area contributed by atoms with Gasteiger partial charge in [0.2, 0.25) is 5.91 Å². The molecular formula is C20H21F2NO3S. The molecule has 0 spiro atoms. The number of halogens is 2. The van der Waals surface area contributed by atoms with Crippen LogP contribution in [0.1, 0.15) is 17.5 Å². The Morgan fingerprint density at radius 3 is 2.52 bits per heavy atom. The molecule has 2 aromatic rings. The number of amides is 1. The Morgan fingerprint density at radius 1 is 1.07 bits per heavy atom. The van der Waals surface area contributed by atoms with Gasteiger partial charge in [0.25, 0.3) is 0 Å². The molecule has 144 valence electrons. The van der Waals surface area contributed by atoms with Crippen LogP contribution < -0.4 is 5.32 Å². The molecule has 0 radical (unpaired) electrons. The van der Waals surface area contributed by atoms with Crippen LogP contribution >= 0.6 is 11.8 Å². The SMILES string of the molecule is Cc1ccc(CCC(=O)NCCOC(=O)CSc2ccc(F)c(F)c2)cc1. The predicted octanol–water partition coefficient (Wildman–Crippen LogP) is 3.66. The highest BCUT2D eigenvalue weighted by Gasteiger charge is 2.08. The van der Waals surface area contributed by atoms with E-state index in [0.717, 1.165) is 29.5 Å². The molecule has 0 aliphatic heterocycles. The summed E-state index contributed by atoms with van der Waals surface area (Å²) in [5, 5.41) is 2.69. The van der Waals surface area contributed by atoms with E-state index in [0.29, 0.717) is 17.7 Å². The molecule has 0 aromatic heterocycles. The second kappa shape index (κ2) is 10.7. The molecule has 0 heterocycles. The highest BCUT2D eigenvalue weighted by molar-refractivity contribution is 8.00. The first-order chi connectivity index (χ1) is 12.9. The van der Waals surface area contributed by atoms with Crippen LogP contribution in [0.4, 0.5) is 8.78 Å². The molecule has 0 aliphatic carbocycles. The Kier molecular flexibility index (Phi) is 8.26. The van der Waals surface area contributed by atoms with E-state index in [2.05, 4.69) is 5.32 Å². The van der Waals surface area contributed by atoms with Crippen LogP contribution in [-0.2, 0) is 20.7 Å². The Balaban J connectivity index is 1.57. The highest BCUT2D eigenvalue weighted by Crippen LogP contribution is 2.20. The first-order valence-corrected chi connectivity index (χ1v) is 9.48. The van der Waals surface area contributed by atoms with Gasteiger partial charge < -0.3 is 10.1 Å². The third kappa shape index (κ3) is 7.78. The van der Waals surface area contributed by atoms with Crippen LogP contribution in [-0.4, -0.2) is 30.8 Å². The smallest absolute Gasteiger partial charge is 0.316 e. The molecule has 0 atom stereocenters. The van der Waals surface area contributed by atoms with Crippen molar-refractivity contribution in [3.63, 3.8) is 0 Å². The third-order valence-corrected chi connectivity index (χ3v) is 4.66. The van der Waals surface area contributed by atoms with Gasteiger partial charge in [0.1, 0.15) is 6.61 Å². The molecule has 1 amide bonds. The molecule has 0 bridgehead atoms. The standard InChI is InChI=1S/C20H21F2NO3S/c1-14-2-4-15(5-3-14)6-9-19(24)23-10-11-26-20(25)13-27-16-7-8-17(21)18(22)12-16/h2-5,7-8,12H,6,9-11,13H2,1H3,(H,23,24). The van der Waals surface area contributed by atoms with Crippen LogP contribution in [0.15, 0.2) is 47.4 Å². The van der Waals surface area contributed by atoms with Gasteiger partial charge in [-0.2, -0.15) is 0 Å². The number of rotatable bonds is 9. The summed E-state index contributed by atoms with van der Waals surface area (Å²) in [4.78, 5) is 23.8. The number of thioether (sulfide) groups is 1. The lowest BCUT2D eigenvalue weighted by molar-refractivity contribution is -0.140. The van der Waals surface area contributed by atoms with Crippen molar-refractivity contribution >= 4 is 23.6 Å². The lowest BCUT2D eigenvalue weighted by Crippen LogP contribution is -2.28. The van der Waals surface area contributed by atoms with E-state index in [-0.39, 0.29) is 24.8 Å². The number of nitrogens with one attached hydrogen (secondary N) is 1. The van der Waals surface area contributed by atoms with Crippen molar-refractivity contribution in [3.05, 3.63) is 65.2 Å². The summed E-state index contributed by atoms with van der Waals surface area (Å²) in [6.45, 7) is 2.30. The number of esters is 1. The van der Waals surface area contributed by atoms with Crippen molar-refractivity contribution < 1.29 is 23.1 Å². The first-order valence-electron chi connectivity index (χ1n) is 8.50. The average molecular weight is 393 g/mol. The molecule has 27 heavy (non-hydrogen) atoms. The summed E-state index contributed by atoms with van der Waals surface area (Å²) >= 11 is 1.05. The highest BCUT2D eigenvalue weighted by atomic mass is 32.2. The molecule has 4 nitrogen and oxygen atoms in total. The largest absolute Gasteiger partial charge is 0.463 e. The number of ether oxygens (including phenoxy) is 1. The second-order valence-corrected chi connectivity index (χ2v) is 6.97. The van der Waals surface area contributed by atoms with E-state index in [9.17, 15) is 18.4 Å². The van der Waals surface area contributed by atoms with Crippen molar-refractivity contribution in [2.24, 2.45) is 0 Å². The Bertz CT molecular complexity index is 781. The van der Waals surface area contributed by atoms with E-state index in [1.807, 2.05) is 31.2 Å². The average Bonchev–Trinajstić information content (AvgIpc) is 2.65. The first kappa shape index (κ1) is 20.9. The minimum Gasteiger partial charge on any atom is -0.463 e. The zero-order chi connectivity index (χ0) is 19.6. The fourth-order valence-corrected chi connectivity index (χ4v) is 2.93. The molecular weight excluding hydrogens is 372 g/mol. The van der Waals surface area contributed by atoms with Gasteiger partial charge in [-0.3, -0.25) is 9.59 Å². The van der Waals surface area contributed by atoms with Crippen molar-refractivity contribution in [1.29, 1.82) is 0 Å². The minimum atomic E-state index is -0.957. The number of hydrogen-bond acceptors (Lipinski definition) is 4. The van der Waals surface area contributed by atoms with Crippen LogP contribution in [0.3, 0.4) is 0 Å². The molecule has 2 aromatic carbocycles. The number of carbonyl (C=O) groups excluding carboxylic acids is 2. The van der Waals surface area contributed by atoms with Crippen LogP contribution in [0, 0.1) is 18.6 Å². The zero-order valence-electron chi connectivity index (χ0n) is 15.0. The van der Waals surface area contributed by atoms with Gasteiger partial charge >= 0.3 is 5.97 Å². The molecule has 0 saturated heterocycles. The van der Waals surface area contributed by atoms with Gasteiger partial charge in [-0.1, -0.05) is 29.8 Å². The van der Waals surface area contributed by atoms with E-state index >= 15 is 0 Å². The zero-order valence-corrected chi connectivity index (χ0v) is 15.8. The van der Waals surface area contributed by atoms with Crippen LogP contribution in [0.25, 0.3) is 0 Å². The summed E-state index contributed by atoms with van der Waals surface area (Å²) in [6, 6.07) is 11.4. The molecule has 1 N–H and O–H groups in total. The summed E-state index contributed by atoms with van der Waals surface area (Å²) in [6.07, 6.45) is 1.01. The molecule has 0 fully saturated rings. The molecule has 2 rings (SSSR count). The summed E-state index contributed by atoms with van der Waals surface area (Å²) in [5.41, 5.74) is 2.27.